The average Bonchev–Trinajstić information content (AvgIpc) is 2.62. The largest absolute Gasteiger partial charge is 0.324 e. The van der Waals surface area contributed by atoms with Gasteiger partial charge in [-0.2, -0.15) is 0 Å². The lowest BCUT2D eigenvalue weighted by Crippen LogP contribution is -1.96. The summed E-state index contributed by atoms with van der Waals surface area (Å²) >= 11 is 0. The van der Waals surface area contributed by atoms with E-state index in [1.807, 2.05) is 0 Å². The SMILES string of the molecule is CCP(=O)(CC)CCCCCCCCCCCCP(=O)(CC)CC. The summed E-state index contributed by atoms with van der Waals surface area (Å²) in [5.74, 6) is 0. The van der Waals surface area contributed by atoms with E-state index in [1.165, 1.54) is 51.4 Å². The third-order valence-electron chi connectivity index (χ3n) is 5.69. The normalized spacial score (nSPS) is 12.7. The molecule has 0 aromatic carbocycles. The Bertz CT molecular complexity index is 328. The highest BCUT2D eigenvalue weighted by molar-refractivity contribution is 7.64. The van der Waals surface area contributed by atoms with E-state index in [0.29, 0.717) is 0 Å². The zero-order chi connectivity index (χ0) is 18.3. The Balaban J connectivity index is 3.38. The Labute approximate surface area is 152 Å². The summed E-state index contributed by atoms with van der Waals surface area (Å²) in [6, 6.07) is 0. The molecular formula is C20H44O2P2. The molecule has 24 heavy (non-hydrogen) atoms. The quantitative estimate of drug-likeness (QED) is 0.192. The average molecular weight is 379 g/mol. The van der Waals surface area contributed by atoms with Crippen molar-refractivity contribution in [1.29, 1.82) is 0 Å². The Kier molecular flexibility index (Phi) is 14.9. The first-order valence-electron chi connectivity index (χ1n) is 10.6. The van der Waals surface area contributed by atoms with E-state index in [1.54, 1.807) is 0 Å². The van der Waals surface area contributed by atoms with Crippen LogP contribution in [-0.2, 0) is 9.13 Å². The summed E-state index contributed by atoms with van der Waals surface area (Å²) in [6.45, 7) is 8.31. The molecule has 0 saturated heterocycles. The van der Waals surface area contributed by atoms with Gasteiger partial charge in [-0.3, -0.25) is 0 Å². The van der Waals surface area contributed by atoms with E-state index in [2.05, 4.69) is 27.7 Å². The first kappa shape index (κ1) is 24.5. The van der Waals surface area contributed by atoms with Crippen LogP contribution < -0.4 is 0 Å². The Morgan fingerprint density at radius 3 is 0.833 bits per heavy atom. The molecule has 0 rings (SSSR count). The van der Waals surface area contributed by atoms with Crippen molar-refractivity contribution in [3.8, 4) is 0 Å². The van der Waals surface area contributed by atoms with E-state index in [0.717, 1.165) is 49.8 Å². The lowest BCUT2D eigenvalue weighted by Gasteiger charge is -2.13. The van der Waals surface area contributed by atoms with Crippen LogP contribution in [0.25, 0.3) is 0 Å². The molecule has 0 N–H and O–H groups in total. The molecule has 2 nitrogen and oxygen atoms in total. The van der Waals surface area contributed by atoms with E-state index < -0.39 is 14.3 Å². The Morgan fingerprint density at radius 2 is 0.625 bits per heavy atom. The number of hydrogen-bond donors (Lipinski definition) is 0. The molecule has 0 aliphatic rings. The first-order valence-corrected chi connectivity index (χ1v) is 15.1. The summed E-state index contributed by atoms with van der Waals surface area (Å²) in [6.07, 6.45) is 18.3. The lowest BCUT2D eigenvalue weighted by molar-refractivity contribution is 0.551. The van der Waals surface area contributed by atoms with Crippen LogP contribution in [0.1, 0.15) is 91.9 Å². The maximum Gasteiger partial charge on any atom is 0.0872 e. The molecule has 0 atom stereocenters. The van der Waals surface area contributed by atoms with Gasteiger partial charge < -0.3 is 9.13 Å². The minimum atomic E-state index is -1.80. The van der Waals surface area contributed by atoms with Crippen molar-refractivity contribution in [3.63, 3.8) is 0 Å². The van der Waals surface area contributed by atoms with Gasteiger partial charge in [-0.15, -0.1) is 0 Å². The molecule has 0 unspecified atom stereocenters. The standard InChI is InChI=1S/C20H44O2P2/c1-5-23(21,6-2)19-17-15-13-11-9-10-12-14-16-18-20-24(22,7-3)8-4/h5-20H2,1-4H3. The van der Waals surface area contributed by atoms with Crippen LogP contribution in [0.2, 0.25) is 0 Å². The summed E-state index contributed by atoms with van der Waals surface area (Å²) in [7, 11) is -3.59. The van der Waals surface area contributed by atoms with E-state index in [4.69, 9.17) is 0 Å². The highest BCUT2D eigenvalue weighted by atomic mass is 31.2. The van der Waals surface area contributed by atoms with Crippen LogP contribution in [-0.4, -0.2) is 37.0 Å². The van der Waals surface area contributed by atoms with Gasteiger partial charge in [0.05, 0.1) is 14.3 Å². The minimum Gasteiger partial charge on any atom is -0.324 e. The number of rotatable bonds is 17. The third kappa shape index (κ3) is 11.9. The molecule has 0 aromatic heterocycles. The van der Waals surface area contributed by atoms with Crippen molar-refractivity contribution in [3.05, 3.63) is 0 Å². The number of unbranched alkanes of at least 4 members (excludes halogenated alkanes) is 9. The van der Waals surface area contributed by atoms with E-state index in [-0.39, 0.29) is 0 Å². The molecule has 0 saturated carbocycles. The molecule has 0 spiro atoms. The highest BCUT2D eigenvalue weighted by Gasteiger charge is 2.16. The zero-order valence-corrected chi connectivity index (χ0v) is 18.8. The third-order valence-corrected chi connectivity index (χ3v) is 12.6. The van der Waals surface area contributed by atoms with Crippen molar-refractivity contribution >= 4 is 14.3 Å². The Hall–Kier alpha value is 0.460. The fourth-order valence-corrected chi connectivity index (χ4v) is 7.05. The van der Waals surface area contributed by atoms with Crippen molar-refractivity contribution in [2.45, 2.75) is 91.9 Å². The van der Waals surface area contributed by atoms with Gasteiger partial charge >= 0.3 is 0 Å². The molecule has 0 fully saturated rings. The van der Waals surface area contributed by atoms with Gasteiger partial charge in [0.2, 0.25) is 0 Å². The molecule has 0 aliphatic carbocycles. The van der Waals surface area contributed by atoms with Gasteiger partial charge in [0.25, 0.3) is 0 Å². The van der Waals surface area contributed by atoms with Crippen LogP contribution in [0.15, 0.2) is 0 Å². The van der Waals surface area contributed by atoms with E-state index >= 15 is 0 Å². The maximum atomic E-state index is 12.3. The summed E-state index contributed by atoms with van der Waals surface area (Å²) in [5.41, 5.74) is 0. The van der Waals surface area contributed by atoms with Gasteiger partial charge in [-0.1, -0.05) is 79.1 Å². The fourth-order valence-electron chi connectivity index (χ4n) is 3.29. The lowest BCUT2D eigenvalue weighted by atomic mass is 10.1. The minimum absolute atomic E-state index is 0.884. The molecule has 146 valence electrons. The van der Waals surface area contributed by atoms with Crippen LogP contribution >= 0.6 is 14.3 Å². The van der Waals surface area contributed by atoms with Gasteiger partial charge in [-0.25, -0.2) is 0 Å². The molecule has 0 radical (unpaired) electrons. The first-order chi connectivity index (χ1) is 11.4. The van der Waals surface area contributed by atoms with Gasteiger partial charge in [0.15, 0.2) is 0 Å². The monoisotopic (exact) mass is 378 g/mol. The van der Waals surface area contributed by atoms with Crippen LogP contribution in [0, 0.1) is 0 Å². The topological polar surface area (TPSA) is 34.1 Å². The number of hydrogen-bond acceptors (Lipinski definition) is 2. The van der Waals surface area contributed by atoms with Crippen molar-refractivity contribution < 1.29 is 9.13 Å². The molecule has 0 amide bonds. The second-order valence-corrected chi connectivity index (χ2v) is 15.0. The molecule has 0 aliphatic heterocycles. The predicted octanol–water partition coefficient (Wildman–Crippen LogP) is 7.69. The van der Waals surface area contributed by atoms with Gasteiger partial charge in [0, 0.05) is 12.3 Å². The molecule has 4 heteroatoms. The summed E-state index contributed by atoms with van der Waals surface area (Å²) < 4.78 is 24.6. The molecule has 0 aromatic rings. The van der Waals surface area contributed by atoms with Crippen molar-refractivity contribution in [1.82, 2.24) is 0 Å². The predicted molar refractivity (Wildman–Crippen MR) is 113 cm³/mol. The van der Waals surface area contributed by atoms with Gasteiger partial charge in [0.1, 0.15) is 0 Å². The highest BCUT2D eigenvalue weighted by Crippen LogP contribution is 2.46. The van der Waals surface area contributed by atoms with Gasteiger partial charge in [-0.05, 0) is 37.5 Å². The fraction of sp³-hybridized carbons (Fsp3) is 1.00. The molecule has 0 heterocycles. The van der Waals surface area contributed by atoms with Crippen LogP contribution in [0.5, 0.6) is 0 Å². The van der Waals surface area contributed by atoms with E-state index in [9.17, 15) is 9.13 Å². The van der Waals surface area contributed by atoms with Crippen molar-refractivity contribution in [2.24, 2.45) is 0 Å². The zero-order valence-electron chi connectivity index (χ0n) is 17.0. The molecule has 0 bridgehead atoms. The smallest absolute Gasteiger partial charge is 0.0872 e. The van der Waals surface area contributed by atoms with Crippen LogP contribution in [0.3, 0.4) is 0 Å². The second kappa shape index (κ2) is 14.6. The van der Waals surface area contributed by atoms with Crippen molar-refractivity contribution in [2.75, 3.05) is 37.0 Å². The second-order valence-electron chi connectivity index (χ2n) is 7.36. The summed E-state index contributed by atoms with van der Waals surface area (Å²) in [4.78, 5) is 0. The maximum absolute atomic E-state index is 12.3. The summed E-state index contributed by atoms with van der Waals surface area (Å²) in [5, 5.41) is 0. The Morgan fingerprint density at radius 1 is 0.417 bits per heavy atom. The molecular weight excluding hydrogens is 334 g/mol. The van der Waals surface area contributed by atoms with Crippen LogP contribution in [0.4, 0.5) is 0 Å².